The summed E-state index contributed by atoms with van der Waals surface area (Å²) in [7, 11) is 1.52. The molecule has 6 heteroatoms. The van der Waals surface area contributed by atoms with Crippen LogP contribution in [0.2, 0.25) is 0 Å². The van der Waals surface area contributed by atoms with Gasteiger partial charge in [0.25, 0.3) is 0 Å². The Hall–Kier alpha value is -1.82. The fraction of sp³-hybridized carbons (Fsp3) is 0.231. The van der Waals surface area contributed by atoms with E-state index in [0.717, 1.165) is 4.47 Å². The first-order valence-electron chi connectivity index (χ1n) is 5.45. The molecule has 0 aliphatic rings. The van der Waals surface area contributed by atoms with E-state index in [-0.39, 0.29) is 6.61 Å². The van der Waals surface area contributed by atoms with Gasteiger partial charge in [-0.1, -0.05) is 0 Å². The van der Waals surface area contributed by atoms with Crippen molar-refractivity contribution in [2.75, 3.05) is 7.11 Å². The minimum absolute atomic E-state index is 0.0240. The first-order chi connectivity index (χ1) is 9.01. The van der Waals surface area contributed by atoms with Gasteiger partial charge in [0.1, 0.15) is 17.9 Å². The van der Waals surface area contributed by atoms with Crippen LogP contribution in [0.1, 0.15) is 12.5 Å². The average molecular weight is 327 g/mol. The standard InChI is InChI=1S/C13H11BrO5/c1-7(15)18-6-8-3-13(16)19-11-5-12(17-2)10(14)4-9(8)11/h3-5H,6H2,1-2H3. The Labute approximate surface area is 117 Å². The van der Waals surface area contributed by atoms with Crippen LogP contribution in [-0.2, 0) is 16.1 Å². The molecule has 100 valence electrons. The third kappa shape index (κ3) is 2.96. The summed E-state index contributed by atoms with van der Waals surface area (Å²) in [6.45, 7) is 1.34. The van der Waals surface area contributed by atoms with Crippen molar-refractivity contribution in [1.82, 2.24) is 0 Å². The summed E-state index contributed by atoms with van der Waals surface area (Å²) in [4.78, 5) is 22.3. The fourth-order valence-electron chi connectivity index (χ4n) is 1.68. The van der Waals surface area contributed by atoms with Crippen LogP contribution < -0.4 is 10.4 Å². The molecule has 19 heavy (non-hydrogen) atoms. The number of hydrogen-bond acceptors (Lipinski definition) is 5. The summed E-state index contributed by atoms with van der Waals surface area (Å²) in [5.74, 6) is 0.147. The van der Waals surface area contributed by atoms with Gasteiger partial charge in [0.2, 0.25) is 0 Å². The van der Waals surface area contributed by atoms with Gasteiger partial charge < -0.3 is 13.9 Å². The normalized spacial score (nSPS) is 10.5. The van der Waals surface area contributed by atoms with E-state index in [9.17, 15) is 9.59 Å². The van der Waals surface area contributed by atoms with Crippen LogP contribution in [0, 0.1) is 0 Å². The number of benzene rings is 1. The van der Waals surface area contributed by atoms with Crippen molar-refractivity contribution in [1.29, 1.82) is 0 Å². The smallest absolute Gasteiger partial charge is 0.336 e. The Morgan fingerprint density at radius 1 is 1.37 bits per heavy atom. The molecule has 0 amide bonds. The van der Waals surface area contributed by atoms with Crippen molar-refractivity contribution >= 4 is 32.9 Å². The summed E-state index contributed by atoms with van der Waals surface area (Å²) in [6, 6.07) is 4.68. The Morgan fingerprint density at radius 2 is 2.11 bits per heavy atom. The van der Waals surface area contributed by atoms with E-state index >= 15 is 0 Å². The van der Waals surface area contributed by atoms with E-state index in [1.165, 1.54) is 20.1 Å². The number of carbonyl (C=O) groups excluding carboxylic acids is 1. The minimum Gasteiger partial charge on any atom is -0.495 e. The highest BCUT2D eigenvalue weighted by Gasteiger charge is 2.11. The van der Waals surface area contributed by atoms with E-state index in [1.54, 1.807) is 12.1 Å². The number of rotatable bonds is 3. The monoisotopic (exact) mass is 326 g/mol. The molecule has 0 saturated carbocycles. The van der Waals surface area contributed by atoms with Crippen molar-refractivity contribution in [2.24, 2.45) is 0 Å². The Bertz CT molecular complexity index is 689. The van der Waals surface area contributed by atoms with Crippen LogP contribution in [0.3, 0.4) is 0 Å². The number of halogens is 1. The van der Waals surface area contributed by atoms with Gasteiger partial charge in [-0.25, -0.2) is 4.79 Å². The molecular formula is C13H11BrO5. The number of ether oxygens (including phenoxy) is 2. The molecule has 5 nitrogen and oxygen atoms in total. The van der Waals surface area contributed by atoms with Crippen LogP contribution in [-0.4, -0.2) is 13.1 Å². The second-order valence-electron chi connectivity index (χ2n) is 3.85. The first-order valence-corrected chi connectivity index (χ1v) is 6.24. The van der Waals surface area contributed by atoms with Crippen LogP contribution in [0.4, 0.5) is 0 Å². The maximum absolute atomic E-state index is 11.5. The molecule has 2 rings (SSSR count). The number of hydrogen-bond donors (Lipinski definition) is 0. The van der Waals surface area contributed by atoms with E-state index < -0.39 is 11.6 Å². The number of esters is 1. The molecule has 0 bridgehead atoms. The number of methoxy groups -OCH3 is 1. The molecule has 0 fully saturated rings. The molecule has 0 radical (unpaired) electrons. The van der Waals surface area contributed by atoms with Gasteiger partial charge in [0.15, 0.2) is 0 Å². The lowest BCUT2D eigenvalue weighted by atomic mass is 10.1. The van der Waals surface area contributed by atoms with Crippen molar-refractivity contribution in [2.45, 2.75) is 13.5 Å². The van der Waals surface area contributed by atoms with Crippen LogP contribution in [0.25, 0.3) is 11.0 Å². The molecule has 1 heterocycles. The summed E-state index contributed by atoms with van der Waals surface area (Å²) >= 11 is 3.36. The molecule has 2 aromatic rings. The molecule has 1 aromatic carbocycles. The summed E-state index contributed by atoms with van der Waals surface area (Å²) in [5.41, 5.74) is 0.471. The zero-order chi connectivity index (χ0) is 14.0. The third-order valence-corrected chi connectivity index (χ3v) is 3.15. The lowest BCUT2D eigenvalue weighted by molar-refractivity contribution is -0.142. The molecule has 1 aromatic heterocycles. The van der Waals surface area contributed by atoms with E-state index in [0.29, 0.717) is 22.3 Å². The summed E-state index contributed by atoms with van der Waals surface area (Å²) < 4.78 is 15.9. The molecule has 0 aliphatic carbocycles. The highest BCUT2D eigenvalue weighted by atomic mass is 79.9. The maximum atomic E-state index is 11.5. The van der Waals surface area contributed by atoms with Gasteiger partial charge in [-0.2, -0.15) is 0 Å². The van der Waals surface area contributed by atoms with Gasteiger partial charge in [0, 0.05) is 30.0 Å². The number of fused-ring (bicyclic) bond motifs is 1. The first kappa shape index (κ1) is 13.6. The second kappa shape index (κ2) is 5.44. The van der Waals surface area contributed by atoms with Gasteiger partial charge >= 0.3 is 11.6 Å². The SMILES string of the molecule is COc1cc2oc(=O)cc(COC(C)=O)c2cc1Br. The predicted octanol–water partition coefficient (Wildman–Crippen LogP) is 2.63. The largest absolute Gasteiger partial charge is 0.495 e. The topological polar surface area (TPSA) is 65.7 Å². The minimum atomic E-state index is -0.501. The van der Waals surface area contributed by atoms with Crippen LogP contribution >= 0.6 is 15.9 Å². The van der Waals surface area contributed by atoms with Gasteiger partial charge in [-0.05, 0) is 22.0 Å². The van der Waals surface area contributed by atoms with E-state index in [2.05, 4.69) is 15.9 Å². The zero-order valence-corrected chi connectivity index (χ0v) is 11.9. The molecule has 0 atom stereocenters. The average Bonchev–Trinajstić information content (AvgIpc) is 2.35. The van der Waals surface area contributed by atoms with Crippen LogP contribution in [0.5, 0.6) is 5.75 Å². The van der Waals surface area contributed by atoms with E-state index in [4.69, 9.17) is 13.9 Å². The maximum Gasteiger partial charge on any atom is 0.336 e. The molecule has 0 spiro atoms. The quantitative estimate of drug-likeness (QED) is 0.640. The van der Waals surface area contributed by atoms with Gasteiger partial charge in [0.05, 0.1) is 11.6 Å². The molecular weight excluding hydrogens is 316 g/mol. The Balaban J connectivity index is 2.60. The fourth-order valence-corrected chi connectivity index (χ4v) is 2.19. The summed E-state index contributed by atoms with van der Waals surface area (Å²) in [6.07, 6.45) is 0. The van der Waals surface area contributed by atoms with Crippen molar-refractivity contribution < 1.29 is 18.7 Å². The Morgan fingerprint density at radius 3 is 2.74 bits per heavy atom. The second-order valence-corrected chi connectivity index (χ2v) is 4.71. The highest BCUT2D eigenvalue weighted by molar-refractivity contribution is 9.10. The predicted molar refractivity (Wildman–Crippen MR) is 72.2 cm³/mol. The highest BCUT2D eigenvalue weighted by Crippen LogP contribution is 2.31. The third-order valence-electron chi connectivity index (χ3n) is 2.53. The molecule has 0 N–H and O–H groups in total. The van der Waals surface area contributed by atoms with Crippen LogP contribution in [0.15, 0.2) is 31.9 Å². The lowest BCUT2D eigenvalue weighted by Gasteiger charge is -2.08. The molecule has 0 unspecified atom stereocenters. The van der Waals surface area contributed by atoms with Crippen molar-refractivity contribution in [3.8, 4) is 5.75 Å². The molecule has 0 saturated heterocycles. The zero-order valence-electron chi connectivity index (χ0n) is 10.4. The van der Waals surface area contributed by atoms with E-state index in [1.807, 2.05) is 0 Å². The van der Waals surface area contributed by atoms with Crippen molar-refractivity contribution in [3.63, 3.8) is 0 Å². The lowest BCUT2D eigenvalue weighted by Crippen LogP contribution is -2.05. The van der Waals surface area contributed by atoms with Crippen molar-refractivity contribution in [3.05, 3.63) is 38.7 Å². The summed E-state index contributed by atoms with van der Waals surface area (Å²) in [5, 5.41) is 0.688. The van der Waals surface area contributed by atoms with Gasteiger partial charge in [-0.15, -0.1) is 0 Å². The number of carbonyl (C=O) groups is 1. The molecule has 0 aliphatic heterocycles. The Kier molecular flexibility index (Phi) is 3.90. The van der Waals surface area contributed by atoms with Gasteiger partial charge in [-0.3, -0.25) is 4.79 Å².